The van der Waals surface area contributed by atoms with Crippen LogP contribution in [0.25, 0.3) is 11.4 Å². The van der Waals surface area contributed by atoms with E-state index in [1.807, 2.05) is 41.1 Å². The van der Waals surface area contributed by atoms with E-state index in [0.717, 1.165) is 24.2 Å². The monoisotopic (exact) mass is 270 g/mol. The molecule has 20 heavy (non-hydrogen) atoms. The fourth-order valence-electron chi connectivity index (χ4n) is 2.26. The summed E-state index contributed by atoms with van der Waals surface area (Å²) in [5, 5.41) is 3.28. The highest BCUT2D eigenvalue weighted by molar-refractivity contribution is 5.80. The maximum absolute atomic E-state index is 11.6. The molecule has 3 N–H and O–H groups in total. The molecule has 0 aliphatic heterocycles. The van der Waals surface area contributed by atoms with Gasteiger partial charge in [0.25, 0.3) is 0 Å². The van der Waals surface area contributed by atoms with Gasteiger partial charge >= 0.3 is 0 Å². The minimum absolute atomic E-state index is 0.315. The molecule has 1 saturated carbocycles. The highest BCUT2D eigenvalue weighted by Crippen LogP contribution is 2.21. The molecular formula is C15H18N4O. The molecule has 0 spiro atoms. The van der Waals surface area contributed by atoms with Gasteiger partial charge in [0.1, 0.15) is 11.9 Å². The zero-order chi connectivity index (χ0) is 13.9. The Morgan fingerprint density at radius 1 is 1.40 bits per heavy atom. The number of nitrogens with one attached hydrogen (secondary N) is 1. The van der Waals surface area contributed by atoms with E-state index in [9.17, 15) is 4.79 Å². The van der Waals surface area contributed by atoms with Crippen molar-refractivity contribution >= 4 is 5.91 Å². The van der Waals surface area contributed by atoms with Crippen molar-refractivity contribution in [3.63, 3.8) is 0 Å². The van der Waals surface area contributed by atoms with Gasteiger partial charge in [0.05, 0.1) is 0 Å². The number of carbonyl (C=O) groups is 1. The van der Waals surface area contributed by atoms with Crippen molar-refractivity contribution in [1.29, 1.82) is 0 Å². The molecule has 2 aromatic rings. The summed E-state index contributed by atoms with van der Waals surface area (Å²) < 4.78 is 1.97. The number of imidazole rings is 1. The topological polar surface area (TPSA) is 72.9 Å². The Kier molecular flexibility index (Phi) is 3.52. The Morgan fingerprint density at radius 2 is 2.15 bits per heavy atom. The average Bonchev–Trinajstić information content (AvgIpc) is 3.15. The smallest absolute Gasteiger partial charge is 0.236 e. The Balaban J connectivity index is 1.80. The number of rotatable bonds is 6. The molecule has 1 aromatic heterocycles. The molecule has 1 aliphatic carbocycles. The summed E-state index contributed by atoms with van der Waals surface area (Å²) in [4.78, 5) is 15.9. The number of nitrogens with two attached hydrogens (primary N) is 1. The van der Waals surface area contributed by atoms with E-state index in [2.05, 4.69) is 10.3 Å². The highest BCUT2D eigenvalue weighted by atomic mass is 16.1. The van der Waals surface area contributed by atoms with E-state index in [0.29, 0.717) is 12.6 Å². The van der Waals surface area contributed by atoms with Crippen molar-refractivity contribution in [3.8, 4) is 11.4 Å². The number of carbonyl (C=O) groups excluding carboxylic acids is 1. The maximum atomic E-state index is 11.6. The molecule has 0 saturated heterocycles. The van der Waals surface area contributed by atoms with Crippen LogP contribution in [0, 0.1) is 0 Å². The summed E-state index contributed by atoms with van der Waals surface area (Å²) in [6, 6.07) is 10.0. The zero-order valence-electron chi connectivity index (χ0n) is 11.2. The first kappa shape index (κ1) is 12.9. The fourth-order valence-corrected chi connectivity index (χ4v) is 2.26. The van der Waals surface area contributed by atoms with Gasteiger partial charge in [-0.05, 0) is 12.8 Å². The number of hydrogen-bond donors (Lipinski definition) is 2. The predicted octanol–water partition coefficient (Wildman–Crippen LogP) is 1.16. The van der Waals surface area contributed by atoms with Crippen LogP contribution in [-0.4, -0.2) is 27.5 Å². The molecule has 1 atom stereocenters. The quantitative estimate of drug-likeness (QED) is 0.827. The lowest BCUT2D eigenvalue weighted by Gasteiger charge is -2.17. The first-order valence-corrected chi connectivity index (χ1v) is 6.86. The van der Waals surface area contributed by atoms with Crippen LogP contribution in [0.1, 0.15) is 12.8 Å². The lowest BCUT2D eigenvalue weighted by molar-refractivity contribution is -0.120. The molecule has 0 radical (unpaired) electrons. The minimum Gasteiger partial charge on any atom is -0.368 e. The van der Waals surface area contributed by atoms with Gasteiger partial charge in [-0.2, -0.15) is 0 Å². The van der Waals surface area contributed by atoms with Gasteiger partial charge in [-0.15, -0.1) is 0 Å². The van der Waals surface area contributed by atoms with E-state index in [1.54, 1.807) is 6.20 Å². The number of benzene rings is 1. The normalized spacial score (nSPS) is 16.0. The van der Waals surface area contributed by atoms with Crippen LogP contribution in [0.15, 0.2) is 42.7 Å². The first-order chi connectivity index (χ1) is 9.74. The van der Waals surface area contributed by atoms with Crippen LogP contribution in [0.4, 0.5) is 0 Å². The number of nitrogens with zero attached hydrogens (tertiary/aromatic N) is 2. The van der Waals surface area contributed by atoms with Crippen LogP contribution in [0.5, 0.6) is 0 Å². The third kappa shape index (κ3) is 2.88. The summed E-state index contributed by atoms with van der Waals surface area (Å²) in [6.07, 6.45) is 5.88. The van der Waals surface area contributed by atoms with E-state index < -0.39 is 0 Å². The number of aromatic nitrogens is 2. The summed E-state index contributed by atoms with van der Waals surface area (Å²) >= 11 is 0. The van der Waals surface area contributed by atoms with Crippen LogP contribution in [-0.2, 0) is 11.3 Å². The van der Waals surface area contributed by atoms with Gasteiger partial charge in [0.2, 0.25) is 5.91 Å². The minimum atomic E-state index is -0.348. The summed E-state index contributed by atoms with van der Waals surface area (Å²) in [5.74, 6) is 0.541. The molecule has 1 aromatic carbocycles. The average molecular weight is 270 g/mol. The van der Waals surface area contributed by atoms with E-state index in [-0.39, 0.29) is 11.9 Å². The first-order valence-electron chi connectivity index (χ1n) is 6.86. The molecule has 5 heteroatoms. The Labute approximate surface area is 117 Å². The van der Waals surface area contributed by atoms with Crippen molar-refractivity contribution in [1.82, 2.24) is 14.9 Å². The lowest BCUT2D eigenvalue weighted by Crippen LogP contribution is -2.45. The van der Waals surface area contributed by atoms with Gasteiger partial charge < -0.3 is 15.6 Å². The van der Waals surface area contributed by atoms with Gasteiger partial charge in [0.15, 0.2) is 0 Å². The van der Waals surface area contributed by atoms with Crippen LogP contribution >= 0.6 is 0 Å². The summed E-state index contributed by atoms with van der Waals surface area (Å²) in [5.41, 5.74) is 6.52. The Bertz CT molecular complexity index is 589. The number of primary amides is 1. The zero-order valence-corrected chi connectivity index (χ0v) is 11.2. The standard InChI is InChI=1S/C15H18N4O/c16-14(20)13(18-12-6-7-12)10-19-9-8-17-15(19)11-4-2-1-3-5-11/h1-5,8-9,12-13,18H,6-7,10H2,(H2,16,20). The van der Waals surface area contributed by atoms with E-state index >= 15 is 0 Å². The Morgan fingerprint density at radius 3 is 2.80 bits per heavy atom. The predicted molar refractivity (Wildman–Crippen MR) is 76.8 cm³/mol. The number of hydrogen-bond acceptors (Lipinski definition) is 3. The third-order valence-electron chi connectivity index (χ3n) is 3.48. The Hall–Kier alpha value is -2.14. The van der Waals surface area contributed by atoms with Crippen LogP contribution in [0.3, 0.4) is 0 Å². The van der Waals surface area contributed by atoms with Crippen LogP contribution < -0.4 is 11.1 Å². The maximum Gasteiger partial charge on any atom is 0.236 e. The van der Waals surface area contributed by atoms with Gasteiger partial charge in [-0.1, -0.05) is 30.3 Å². The molecule has 3 rings (SSSR count). The largest absolute Gasteiger partial charge is 0.368 e. The van der Waals surface area contributed by atoms with Crippen molar-refractivity contribution in [3.05, 3.63) is 42.7 Å². The molecule has 5 nitrogen and oxygen atoms in total. The van der Waals surface area contributed by atoms with Gasteiger partial charge in [-0.25, -0.2) is 4.98 Å². The van der Waals surface area contributed by atoms with Crippen molar-refractivity contribution in [2.75, 3.05) is 0 Å². The second-order valence-electron chi connectivity index (χ2n) is 5.17. The summed E-state index contributed by atoms with van der Waals surface area (Å²) in [7, 11) is 0. The number of amides is 1. The van der Waals surface area contributed by atoms with Gasteiger partial charge in [0, 0.05) is 30.5 Å². The highest BCUT2D eigenvalue weighted by Gasteiger charge is 2.27. The summed E-state index contributed by atoms with van der Waals surface area (Å²) in [6.45, 7) is 0.510. The fraction of sp³-hybridized carbons (Fsp3) is 0.333. The van der Waals surface area contributed by atoms with E-state index in [1.165, 1.54) is 0 Å². The molecule has 0 bridgehead atoms. The molecule has 1 aliphatic rings. The molecule has 1 amide bonds. The SMILES string of the molecule is NC(=O)C(Cn1ccnc1-c1ccccc1)NC1CC1. The van der Waals surface area contributed by atoms with E-state index in [4.69, 9.17) is 5.73 Å². The third-order valence-corrected chi connectivity index (χ3v) is 3.48. The lowest BCUT2D eigenvalue weighted by atomic mass is 10.2. The molecule has 1 fully saturated rings. The van der Waals surface area contributed by atoms with Gasteiger partial charge in [-0.3, -0.25) is 4.79 Å². The van der Waals surface area contributed by atoms with Crippen LogP contribution in [0.2, 0.25) is 0 Å². The second kappa shape index (κ2) is 5.46. The van der Waals surface area contributed by atoms with Crippen molar-refractivity contribution in [2.24, 2.45) is 5.73 Å². The molecule has 1 heterocycles. The molecular weight excluding hydrogens is 252 g/mol. The van der Waals surface area contributed by atoms with Crippen molar-refractivity contribution in [2.45, 2.75) is 31.5 Å². The molecule has 104 valence electrons. The van der Waals surface area contributed by atoms with Crippen molar-refractivity contribution < 1.29 is 4.79 Å². The second-order valence-corrected chi connectivity index (χ2v) is 5.17. The molecule has 1 unspecified atom stereocenters.